The molecule has 9 heavy (non-hydrogen) atoms. The number of allylic oxidation sites excluding steroid dienone is 2. The Labute approximate surface area is 58.0 Å². The van der Waals surface area contributed by atoms with Crippen molar-refractivity contribution < 1.29 is 0 Å². The summed E-state index contributed by atoms with van der Waals surface area (Å²) in [4.78, 5) is 0. The average Bonchev–Trinajstić information content (AvgIpc) is 1.88. The summed E-state index contributed by atoms with van der Waals surface area (Å²) in [5, 5.41) is 0. The fourth-order valence-electron chi connectivity index (χ4n) is 1.54. The highest BCUT2D eigenvalue weighted by atomic mass is 14.2. The van der Waals surface area contributed by atoms with Crippen molar-refractivity contribution in [3.63, 3.8) is 0 Å². The maximum absolute atomic E-state index is 2.34. The maximum Gasteiger partial charge on any atom is -0.0259 e. The molecular formula is C9H16. The Morgan fingerprint density at radius 1 is 1.56 bits per heavy atom. The van der Waals surface area contributed by atoms with Crippen LogP contribution in [0.1, 0.15) is 33.1 Å². The first-order valence-electron chi connectivity index (χ1n) is 3.99. The lowest BCUT2D eigenvalue weighted by molar-refractivity contribution is 0.405. The van der Waals surface area contributed by atoms with Crippen LogP contribution in [0.4, 0.5) is 0 Å². The van der Waals surface area contributed by atoms with Gasteiger partial charge in [0.15, 0.2) is 0 Å². The monoisotopic (exact) mass is 124 g/mol. The molecule has 0 spiro atoms. The molecule has 0 heterocycles. The van der Waals surface area contributed by atoms with E-state index in [0.29, 0.717) is 0 Å². The minimum Gasteiger partial charge on any atom is -0.0880 e. The summed E-state index contributed by atoms with van der Waals surface area (Å²) in [6, 6.07) is 0. The van der Waals surface area contributed by atoms with Crippen molar-refractivity contribution in [2.45, 2.75) is 33.1 Å². The highest BCUT2D eigenvalue weighted by Crippen LogP contribution is 2.24. The lowest BCUT2D eigenvalue weighted by Crippen LogP contribution is -2.07. The topological polar surface area (TPSA) is 0 Å². The first-order chi connectivity index (χ1) is 4.33. The SMILES string of the molecule is CCC1CC=CC(C)C1. The predicted octanol–water partition coefficient (Wildman–Crippen LogP) is 3.00. The molecule has 0 aromatic heterocycles. The van der Waals surface area contributed by atoms with Crippen LogP contribution in [0.5, 0.6) is 0 Å². The second-order valence-corrected chi connectivity index (χ2v) is 3.15. The van der Waals surface area contributed by atoms with Crippen LogP contribution in [0.25, 0.3) is 0 Å². The fourth-order valence-corrected chi connectivity index (χ4v) is 1.54. The molecule has 0 heteroatoms. The van der Waals surface area contributed by atoms with Crippen LogP contribution >= 0.6 is 0 Å². The van der Waals surface area contributed by atoms with Crippen molar-refractivity contribution in [2.75, 3.05) is 0 Å². The average molecular weight is 124 g/mol. The van der Waals surface area contributed by atoms with Crippen LogP contribution in [0, 0.1) is 11.8 Å². The van der Waals surface area contributed by atoms with E-state index in [-0.39, 0.29) is 0 Å². The standard InChI is InChI=1S/C9H16/c1-3-9-6-4-5-8(2)7-9/h4-5,8-9H,3,6-7H2,1-2H3. The second kappa shape index (κ2) is 3.05. The molecule has 1 aliphatic carbocycles. The van der Waals surface area contributed by atoms with Crippen molar-refractivity contribution in [1.29, 1.82) is 0 Å². The largest absolute Gasteiger partial charge is 0.0880 e. The molecule has 0 fully saturated rings. The quantitative estimate of drug-likeness (QED) is 0.471. The predicted molar refractivity (Wildman–Crippen MR) is 41.3 cm³/mol. The van der Waals surface area contributed by atoms with Gasteiger partial charge in [-0.2, -0.15) is 0 Å². The Morgan fingerprint density at radius 3 is 2.78 bits per heavy atom. The van der Waals surface area contributed by atoms with Gasteiger partial charge in [-0.25, -0.2) is 0 Å². The third kappa shape index (κ3) is 1.85. The molecule has 0 saturated carbocycles. The van der Waals surface area contributed by atoms with Gasteiger partial charge in [-0.05, 0) is 24.7 Å². The molecule has 1 aliphatic rings. The third-order valence-electron chi connectivity index (χ3n) is 2.22. The van der Waals surface area contributed by atoms with Crippen LogP contribution < -0.4 is 0 Å². The first-order valence-corrected chi connectivity index (χ1v) is 3.99. The van der Waals surface area contributed by atoms with E-state index in [1.807, 2.05) is 0 Å². The first kappa shape index (κ1) is 6.85. The molecule has 2 unspecified atom stereocenters. The van der Waals surface area contributed by atoms with E-state index in [1.54, 1.807) is 0 Å². The summed E-state index contributed by atoms with van der Waals surface area (Å²) in [5.41, 5.74) is 0. The smallest absolute Gasteiger partial charge is 0.0259 e. The minimum atomic E-state index is 0.837. The molecule has 0 amide bonds. The second-order valence-electron chi connectivity index (χ2n) is 3.15. The van der Waals surface area contributed by atoms with Gasteiger partial charge < -0.3 is 0 Å². The number of hydrogen-bond acceptors (Lipinski definition) is 0. The summed E-state index contributed by atoms with van der Waals surface area (Å²) in [7, 11) is 0. The number of hydrogen-bond donors (Lipinski definition) is 0. The van der Waals surface area contributed by atoms with Gasteiger partial charge in [-0.15, -0.1) is 0 Å². The van der Waals surface area contributed by atoms with Gasteiger partial charge in [-0.1, -0.05) is 32.4 Å². The van der Waals surface area contributed by atoms with Gasteiger partial charge >= 0.3 is 0 Å². The molecule has 2 atom stereocenters. The van der Waals surface area contributed by atoms with Crippen LogP contribution in [0.2, 0.25) is 0 Å². The Hall–Kier alpha value is -0.260. The van der Waals surface area contributed by atoms with E-state index in [0.717, 1.165) is 11.8 Å². The molecule has 0 aliphatic heterocycles. The zero-order valence-corrected chi connectivity index (χ0v) is 6.43. The molecule has 0 nitrogen and oxygen atoms in total. The molecule has 52 valence electrons. The van der Waals surface area contributed by atoms with Crippen molar-refractivity contribution in [3.8, 4) is 0 Å². The Balaban J connectivity index is 2.38. The fraction of sp³-hybridized carbons (Fsp3) is 0.778. The molecule has 1 rings (SSSR count). The molecule has 0 saturated heterocycles. The highest BCUT2D eigenvalue weighted by molar-refractivity contribution is 4.93. The van der Waals surface area contributed by atoms with E-state index in [1.165, 1.54) is 19.3 Å². The molecule has 0 aromatic carbocycles. The van der Waals surface area contributed by atoms with Gasteiger partial charge in [0.2, 0.25) is 0 Å². The summed E-state index contributed by atoms with van der Waals surface area (Å²) < 4.78 is 0. The van der Waals surface area contributed by atoms with Gasteiger partial charge in [-0.3, -0.25) is 0 Å². The summed E-state index contributed by atoms with van der Waals surface area (Å²) in [5.74, 6) is 1.81. The van der Waals surface area contributed by atoms with E-state index < -0.39 is 0 Å². The maximum atomic E-state index is 2.34. The molecular weight excluding hydrogens is 108 g/mol. The van der Waals surface area contributed by atoms with Crippen LogP contribution in [-0.4, -0.2) is 0 Å². The van der Waals surface area contributed by atoms with Crippen LogP contribution in [-0.2, 0) is 0 Å². The van der Waals surface area contributed by atoms with Gasteiger partial charge in [0, 0.05) is 0 Å². The third-order valence-corrected chi connectivity index (χ3v) is 2.22. The summed E-state index contributed by atoms with van der Waals surface area (Å²) >= 11 is 0. The highest BCUT2D eigenvalue weighted by Gasteiger charge is 2.11. The lowest BCUT2D eigenvalue weighted by Gasteiger charge is -2.19. The van der Waals surface area contributed by atoms with E-state index >= 15 is 0 Å². The van der Waals surface area contributed by atoms with E-state index in [4.69, 9.17) is 0 Å². The molecule has 0 radical (unpaired) electrons. The Morgan fingerprint density at radius 2 is 2.33 bits per heavy atom. The zero-order chi connectivity index (χ0) is 6.69. The normalized spacial score (nSPS) is 34.9. The lowest BCUT2D eigenvalue weighted by atomic mass is 9.86. The number of rotatable bonds is 1. The van der Waals surface area contributed by atoms with Gasteiger partial charge in [0.1, 0.15) is 0 Å². The van der Waals surface area contributed by atoms with Crippen LogP contribution in [0.3, 0.4) is 0 Å². The van der Waals surface area contributed by atoms with Crippen molar-refractivity contribution in [3.05, 3.63) is 12.2 Å². The van der Waals surface area contributed by atoms with Crippen molar-refractivity contribution in [1.82, 2.24) is 0 Å². The van der Waals surface area contributed by atoms with Gasteiger partial charge in [0.05, 0.1) is 0 Å². The Kier molecular flexibility index (Phi) is 2.32. The van der Waals surface area contributed by atoms with Crippen LogP contribution in [0.15, 0.2) is 12.2 Å². The van der Waals surface area contributed by atoms with Gasteiger partial charge in [0.25, 0.3) is 0 Å². The molecule has 0 aromatic rings. The Bertz CT molecular complexity index is 103. The van der Waals surface area contributed by atoms with Crippen molar-refractivity contribution in [2.24, 2.45) is 11.8 Å². The zero-order valence-electron chi connectivity index (χ0n) is 6.43. The van der Waals surface area contributed by atoms with E-state index in [2.05, 4.69) is 26.0 Å². The molecule has 0 N–H and O–H groups in total. The van der Waals surface area contributed by atoms with E-state index in [9.17, 15) is 0 Å². The summed E-state index contributed by atoms with van der Waals surface area (Å²) in [6.45, 7) is 4.59. The summed E-state index contributed by atoms with van der Waals surface area (Å²) in [6.07, 6.45) is 8.76. The molecule has 0 bridgehead atoms. The van der Waals surface area contributed by atoms with Crippen molar-refractivity contribution >= 4 is 0 Å². The minimum absolute atomic E-state index is 0.837.